The number of aliphatic hydroxyl groups excluding tert-OH is 1. The number of nitrogens with zero attached hydrogens (tertiary/aromatic N) is 5. The number of fused-ring (bicyclic) bond motifs is 1. The molecule has 3 aliphatic heterocycles. The Kier molecular flexibility index (Phi) is 7.43. The summed E-state index contributed by atoms with van der Waals surface area (Å²) in [5.41, 5.74) is 2.99. The smallest absolute Gasteiger partial charge is 0.270 e. The zero-order valence-corrected chi connectivity index (χ0v) is 20.3. The monoisotopic (exact) mass is 481 g/mol. The van der Waals surface area contributed by atoms with E-state index in [1.165, 1.54) is 11.1 Å². The van der Waals surface area contributed by atoms with Crippen molar-refractivity contribution in [3.63, 3.8) is 0 Å². The summed E-state index contributed by atoms with van der Waals surface area (Å²) in [5.74, 6) is 0.875. The molecule has 1 atom stereocenters. The summed E-state index contributed by atoms with van der Waals surface area (Å²) in [6.45, 7) is 7.13. The molecule has 3 aliphatic rings. The first-order valence-electron chi connectivity index (χ1n) is 12.5. The number of aliphatic hydroxyl groups is 1. The Labute approximate surface area is 206 Å². The van der Waals surface area contributed by atoms with Crippen LogP contribution < -0.4 is 15.5 Å². The van der Waals surface area contributed by atoms with Crippen molar-refractivity contribution in [2.45, 2.75) is 25.1 Å². The van der Waals surface area contributed by atoms with Crippen LogP contribution in [0.5, 0.6) is 0 Å². The van der Waals surface area contributed by atoms with Crippen molar-refractivity contribution < 1.29 is 14.6 Å². The Morgan fingerprint density at radius 1 is 1.14 bits per heavy atom. The molecule has 1 amide bonds. The van der Waals surface area contributed by atoms with Crippen LogP contribution in [0, 0.1) is 0 Å². The largest absolute Gasteiger partial charge is 0.390 e. The minimum atomic E-state index is -0.659. The Morgan fingerprint density at radius 2 is 1.91 bits per heavy atom. The van der Waals surface area contributed by atoms with E-state index in [-0.39, 0.29) is 18.5 Å². The number of amides is 1. The van der Waals surface area contributed by atoms with Crippen LogP contribution in [-0.4, -0.2) is 109 Å². The van der Waals surface area contributed by atoms with E-state index in [0.717, 1.165) is 45.7 Å². The average molecular weight is 482 g/mol. The summed E-state index contributed by atoms with van der Waals surface area (Å²) in [7, 11) is 2.10. The van der Waals surface area contributed by atoms with Crippen molar-refractivity contribution >= 4 is 17.7 Å². The van der Waals surface area contributed by atoms with E-state index in [1.807, 2.05) is 0 Å². The van der Waals surface area contributed by atoms with Gasteiger partial charge in [-0.1, -0.05) is 24.3 Å². The molecule has 1 unspecified atom stereocenters. The van der Waals surface area contributed by atoms with Gasteiger partial charge in [0, 0.05) is 58.4 Å². The lowest BCUT2D eigenvalue weighted by Crippen LogP contribution is -2.46. The van der Waals surface area contributed by atoms with E-state index in [1.54, 1.807) is 6.07 Å². The molecule has 0 radical (unpaired) electrons. The van der Waals surface area contributed by atoms with Crippen molar-refractivity contribution in [1.29, 1.82) is 0 Å². The normalized spacial score (nSPS) is 20.1. The predicted molar refractivity (Wildman–Crippen MR) is 134 cm³/mol. The quantitative estimate of drug-likeness (QED) is 0.487. The number of carbonyl (C=O) groups is 1. The molecule has 35 heavy (non-hydrogen) atoms. The second-order valence-electron chi connectivity index (χ2n) is 9.73. The van der Waals surface area contributed by atoms with E-state index in [4.69, 9.17) is 4.74 Å². The summed E-state index contributed by atoms with van der Waals surface area (Å²) >= 11 is 0. The number of aromatic nitrogens is 2. The van der Waals surface area contributed by atoms with Crippen molar-refractivity contribution in [3.05, 3.63) is 47.2 Å². The van der Waals surface area contributed by atoms with Crippen LogP contribution in [0.15, 0.2) is 30.3 Å². The lowest BCUT2D eigenvalue weighted by atomic mass is 10.00. The van der Waals surface area contributed by atoms with E-state index in [2.05, 4.69) is 66.6 Å². The summed E-state index contributed by atoms with van der Waals surface area (Å²) in [4.78, 5) is 28.9. The van der Waals surface area contributed by atoms with Gasteiger partial charge in [0.1, 0.15) is 11.5 Å². The number of β-amino-alcohol motifs (C(OH)–C–C–N with tert-alkyl or cyclic N) is 1. The second kappa shape index (κ2) is 10.9. The number of anilines is 2. The van der Waals surface area contributed by atoms with Crippen LogP contribution in [0.4, 0.5) is 11.8 Å². The topological polar surface area (TPSA) is 106 Å². The van der Waals surface area contributed by atoms with Gasteiger partial charge < -0.3 is 30.3 Å². The Hall–Kier alpha value is -2.79. The minimum absolute atomic E-state index is 0.171. The highest BCUT2D eigenvalue weighted by Gasteiger charge is 2.24. The van der Waals surface area contributed by atoms with Crippen LogP contribution in [-0.2, 0) is 17.7 Å². The summed E-state index contributed by atoms with van der Waals surface area (Å²) in [5, 5.41) is 16.8. The van der Waals surface area contributed by atoms with Crippen LogP contribution in [0.25, 0.3) is 0 Å². The lowest BCUT2D eigenvalue weighted by molar-refractivity contribution is 0.0209. The first kappa shape index (κ1) is 23.9. The molecule has 0 aliphatic carbocycles. The second-order valence-corrected chi connectivity index (χ2v) is 9.73. The Bertz CT molecular complexity index is 1020. The molecule has 0 saturated carbocycles. The van der Waals surface area contributed by atoms with Gasteiger partial charge >= 0.3 is 0 Å². The molecular weight excluding hydrogens is 446 g/mol. The van der Waals surface area contributed by atoms with Gasteiger partial charge in [-0.2, -0.15) is 4.98 Å². The molecule has 1 aromatic carbocycles. The molecule has 10 nitrogen and oxygen atoms in total. The average Bonchev–Trinajstić information content (AvgIpc) is 2.85. The summed E-state index contributed by atoms with van der Waals surface area (Å²) in [6.07, 6.45) is 0.320. The fourth-order valence-electron chi connectivity index (χ4n) is 4.67. The van der Waals surface area contributed by atoms with E-state index in [0.29, 0.717) is 37.2 Å². The molecular formula is C25H35N7O3. The summed E-state index contributed by atoms with van der Waals surface area (Å²) < 4.78 is 5.26. The predicted octanol–water partition coefficient (Wildman–Crippen LogP) is 0.188. The van der Waals surface area contributed by atoms with Crippen LogP contribution in [0.2, 0.25) is 0 Å². The number of carbonyl (C=O) groups excluding carboxylic acids is 1. The van der Waals surface area contributed by atoms with Gasteiger partial charge in [-0.25, -0.2) is 4.98 Å². The number of benzene rings is 1. The Balaban J connectivity index is 1.20. The number of hydrogen-bond donors (Lipinski definition) is 3. The fourth-order valence-corrected chi connectivity index (χ4v) is 4.67. The molecule has 4 heterocycles. The van der Waals surface area contributed by atoms with Gasteiger partial charge in [0.15, 0.2) is 0 Å². The molecule has 5 rings (SSSR count). The number of likely N-dealkylation sites (N-methyl/N-ethyl adjacent to an activating group) is 1. The zero-order valence-electron chi connectivity index (χ0n) is 20.3. The maximum Gasteiger partial charge on any atom is 0.270 e. The first-order valence-corrected chi connectivity index (χ1v) is 12.5. The number of ether oxygens (including phenoxy) is 1. The Morgan fingerprint density at radius 3 is 2.66 bits per heavy atom. The minimum Gasteiger partial charge on any atom is -0.390 e. The lowest BCUT2D eigenvalue weighted by Gasteiger charge is -2.33. The standard InChI is InChI=1S/C25H35N7O3/c1-30-8-10-32(11-9-30)25-28-22(12-23(29-25)27-20-16-35-17-20)24(34)26-13-21(33)15-31-7-6-18-4-2-3-5-19(18)14-31/h2-5,12,20-21,33H,6-11,13-17H2,1H3,(H,26,34)(H,27,28,29). The maximum atomic E-state index is 13.0. The van der Waals surface area contributed by atoms with Crippen LogP contribution >= 0.6 is 0 Å². The molecule has 2 saturated heterocycles. The highest BCUT2D eigenvalue weighted by Crippen LogP contribution is 2.19. The van der Waals surface area contributed by atoms with Crippen molar-refractivity contribution in [3.8, 4) is 0 Å². The number of piperazine rings is 1. The highest BCUT2D eigenvalue weighted by molar-refractivity contribution is 5.93. The van der Waals surface area contributed by atoms with Crippen molar-refractivity contribution in [1.82, 2.24) is 25.1 Å². The SMILES string of the molecule is CN1CCN(c2nc(NC3COC3)cc(C(=O)NCC(O)CN3CCc4ccccc4C3)n2)CC1. The molecule has 0 bridgehead atoms. The molecule has 188 valence electrons. The van der Waals surface area contributed by atoms with Gasteiger partial charge in [-0.15, -0.1) is 0 Å². The van der Waals surface area contributed by atoms with Crippen LogP contribution in [0.3, 0.4) is 0 Å². The van der Waals surface area contributed by atoms with Gasteiger partial charge in [-0.05, 0) is 24.6 Å². The van der Waals surface area contributed by atoms with Gasteiger partial charge in [-0.3, -0.25) is 9.69 Å². The molecule has 2 fully saturated rings. The van der Waals surface area contributed by atoms with Gasteiger partial charge in [0.25, 0.3) is 5.91 Å². The van der Waals surface area contributed by atoms with Crippen LogP contribution in [0.1, 0.15) is 21.6 Å². The maximum absolute atomic E-state index is 13.0. The van der Waals surface area contributed by atoms with E-state index < -0.39 is 6.10 Å². The van der Waals surface area contributed by atoms with Gasteiger partial charge in [0.05, 0.1) is 25.4 Å². The first-order chi connectivity index (χ1) is 17.0. The van der Waals surface area contributed by atoms with Gasteiger partial charge in [0.2, 0.25) is 5.95 Å². The molecule has 10 heteroatoms. The zero-order chi connectivity index (χ0) is 24.2. The third-order valence-corrected chi connectivity index (χ3v) is 6.90. The number of nitrogens with one attached hydrogen (secondary N) is 2. The number of hydrogen-bond acceptors (Lipinski definition) is 9. The number of rotatable bonds is 8. The van der Waals surface area contributed by atoms with Crippen molar-refractivity contribution in [2.75, 3.05) is 76.3 Å². The van der Waals surface area contributed by atoms with E-state index >= 15 is 0 Å². The summed E-state index contributed by atoms with van der Waals surface area (Å²) in [6, 6.07) is 10.3. The molecule has 2 aromatic rings. The fraction of sp³-hybridized carbons (Fsp3) is 0.560. The third kappa shape index (κ3) is 6.07. The molecule has 0 spiro atoms. The molecule has 1 aromatic heterocycles. The van der Waals surface area contributed by atoms with E-state index in [9.17, 15) is 9.90 Å². The molecule has 3 N–H and O–H groups in total. The van der Waals surface area contributed by atoms with Crippen molar-refractivity contribution in [2.24, 2.45) is 0 Å². The third-order valence-electron chi connectivity index (χ3n) is 6.90. The highest BCUT2D eigenvalue weighted by atomic mass is 16.5.